The van der Waals surface area contributed by atoms with Crippen molar-refractivity contribution in [3.8, 4) is 0 Å². The van der Waals surface area contributed by atoms with Gasteiger partial charge in [-0.3, -0.25) is 0 Å². The summed E-state index contributed by atoms with van der Waals surface area (Å²) in [6.07, 6.45) is 1.91. The highest BCUT2D eigenvalue weighted by Gasteiger charge is 2.29. The molecule has 4 rings (SSSR count). The molecule has 0 unspecified atom stereocenters. The molecule has 2 saturated heterocycles. The van der Waals surface area contributed by atoms with Gasteiger partial charge in [0.15, 0.2) is 11.4 Å². The Morgan fingerprint density at radius 2 is 1.35 bits per heavy atom. The highest BCUT2D eigenvalue weighted by Crippen LogP contribution is 2.32. The number of hydrogen-bond donors (Lipinski definition) is 2. The second kappa shape index (κ2) is 13.9. The summed E-state index contributed by atoms with van der Waals surface area (Å²) in [5.41, 5.74) is -0.0234. The Balaban J connectivity index is 0.000000230. The Morgan fingerprint density at radius 3 is 1.77 bits per heavy atom. The third-order valence-electron chi connectivity index (χ3n) is 6.36. The van der Waals surface area contributed by atoms with E-state index in [0.717, 1.165) is 22.9 Å². The molecule has 2 N–H and O–H groups in total. The Morgan fingerprint density at radius 1 is 0.875 bits per heavy atom. The van der Waals surface area contributed by atoms with E-state index < -0.39 is 17.7 Å². The van der Waals surface area contributed by atoms with Gasteiger partial charge in [0.1, 0.15) is 5.60 Å². The van der Waals surface area contributed by atoms with E-state index >= 15 is 0 Å². The molecule has 2 aliphatic rings. The Bertz CT molecular complexity index is 1180. The van der Waals surface area contributed by atoms with Crippen LogP contribution in [-0.2, 0) is 9.47 Å². The highest BCUT2D eigenvalue weighted by molar-refractivity contribution is 7.10. The molecule has 0 saturated carbocycles. The fraction of sp³-hybridized carbons (Fsp3) is 0.615. The molecule has 2 aromatic heterocycles. The highest BCUT2D eigenvalue weighted by atomic mass is 32.1. The van der Waals surface area contributed by atoms with E-state index in [1.807, 2.05) is 20.8 Å². The normalized spacial score (nSPS) is 16.6. The summed E-state index contributed by atoms with van der Waals surface area (Å²) in [7, 11) is 0. The number of rotatable bonds is 5. The molecule has 2 amide bonds. The van der Waals surface area contributed by atoms with Crippen LogP contribution in [0.2, 0.25) is 0 Å². The average molecular weight is 597 g/mol. The van der Waals surface area contributed by atoms with E-state index in [9.17, 15) is 19.2 Å². The molecule has 2 fully saturated rings. The van der Waals surface area contributed by atoms with Gasteiger partial charge in [-0.1, -0.05) is 0 Å². The van der Waals surface area contributed by atoms with Crippen molar-refractivity contribution in [3.05, 3.63) is 32.2 Å². The molecular weight excluding hydrogens is 560 g/mol. The van der Waals surface area contributed by atoms with Gasteiger partial charge in [0.25, 0.3) is 0 Å². The molecule has 0 radical (unpaired) electrons. The van der Waals surface area contributed by atoms with Gasteiger partial charge in [-0.2, -0.15) is 0 Å². The summed E-state index contributed by atoms with van der Waals surface area (Å²) in [5, 5.41) is 22.6. The topological polar surface area (TPSA) is 159 Å². The molecule has 0 aliphatic carbocycles. The smallest absolute Gasteiger partial charge is 0.410 e. The number of nitrogens with zero attached hydrogens (tertiary/aromatic N) is 4. The first-order valence-corrected chi connectivity index (χ1v) is 14.9. The number of esters is 1. The van der Waals surface area contributed by atoms with Crippen LogP contribution < -0.4 is 0 Å². The Hall–Kier alpha value is -3.26. The molecular formula is C26H36N4O8S2. The van der Waals surface area contributed by atoms with Gasteiger partial charge in [-0.15, -0.1) is 22.7 Å². The van der Waals surface area contributed by atoms with Crippen molar-refractivity contribution < 1.29 is 38.9 Å². The first-order chi connectivity index (χ1) is 18.9. The monoisotopic (exact) mass is 596 g/mol. The van der Waals surface area contributed by atoms with Crippen molar-refractivity contribution in [2.45, 2.75) is 70.8 Å². The number of carbonyl (C=O) groups is 4. The molecule has 4 heterocycles. The number of aromatic nitrogens is 2. The number of amides is 2. The maximum absolute atomic E-state index is 12.1. The summed E-state index contributed by atoms with van der Waals surface area (Å²) >= 11 is 2.82. The number of likely N-dealkylation sites (tertiary alicyclic amines) is 2. The molecule has 0 atom stereocenters. The summed E-state index contributed by atoms with van der Waals surface area (Å²) < 4.78 is 10.4. The van der Waals surface area contributed by atoms with Crippen molar-refractivity contribution >= 4 is 46.8 Å². The molecule has 14 heteroatoms. The van der Waals surface area contributed by atoms with Crippen molar-refractivity contribution in [2.75, 3.05) is 32.8 Å². The van der Waals surface area contributed by atoms with E-state index in [1.165, 1.54) is 33.0 Å². The van der Waals surface area contributed by atoms with E-state index in [1.54, 1.807) is 17.2 Å². The summed E-state index contributed by atoms with van der Waals surface area (Å²) in [6.45, 7) is 9.99. The fourth-order valence-electron chi connectivity index (χ4n) is 4.30. The van der Waals surface area contributed by atoms with Gasteiger partial charge in [-0.05, 0) is 53.4 Å². The van der Waals surface area contributed by atoms with Crippen molar-refractivity contribution in [3.63, 3.8) is 0 Å². The van der Waals surface area contributed by atoms with Crippen molar-refractivity contribution in [1.82, 2.24) is 19.8 Å². The van der Waals surface area contributed by atoms with Crippen LogP contribution in [0.1, 0.15) is 96.2 Å². The Kier molecular flexibility index (Phi) is 10.9. The number of carboxylic acid groups (broad SMARTS) is 2. The van der Waals surface area contributed by atoms with Crippen molar-refractivity contribution in [1.29, 1.82) is 0 Å². The average Bonchev–Trinajstić information content (AvgIpc) is 3.59. The first-order valence-electron chi connectivity index (χ1n) is 13.1. The number of aromatic carboxylic acids is 1. The minimum Gasteiger partial charge on any atom is -0.476 e. The van der Waals surface area contributed by atoms with Crippen LogP contribution in [0.25, 0.3) is 0 Å². The number of carboxylic acids is 1. The molecule has 220 valence electrons. The number of piperidine rings is 2. The van der Waals surface area contributed by atoms with Crippen LogP contribution in [-0.4, -0.2) is 92.5 Å². The number of ether oxygens (including phenoxy) is 2. The quantitative estimate of drug-likeness (QED) is 0.443. The predicted molar refractivity (Wildman–Crippen MR) is 148 cm³/mol. The second-order valence-corrected chi connectivity index (χ2v) is 12.2. The van der Waals surface area contributed by atoms with Crippen LogP contribution in [0, 0.1) is 0 Å². The molecule has 0 aromatic carbocycles. The first kappa shape index (κ1) is 31.3. The summed E-state index contributed by atoms with van der Waals surface area (Å²) in [5.74, 6) is -0.928. The molecule has 2 aromatic rings. The van der Waals surface area contributed by atoms with Gasteiger partial charge in [0.05, 0.1) is 16.6 Å². The Labute approximate surface area is 240 Å². The lowest BCUT2D eigenvalue weighted by molar-refractivity contribution is 0.0204. The largest absolute Gasteiger partial charge is 0.476 e. The van der Waals surface area contributed by atoms with Gasteiger partial charge in [-0.25, -0.2) is 29.1 Å². The lowest BCUT2D eigenvalue weighted by Crippen LogP contribution is -2.41. The maximum Gasteiger partial charge on any atom is 0.410 e. The maximum atomic E-state index is 12.1. The molecule has 12 nitrogen and oxygen atoms in total. The lowest BCUT2D eigenvalue weighted by Gasteiger charge is -2.32. The summed E-state index contributed by atoms with van der Waals surface area (Å²) in [4.78, 5) is 56.7. The minimum absolute atomic E-state index is 0.0747. The minimum atomic E-state index is -1.02. The number of thiazole rings is 2. The van der Waals surface area contributed by atoms with Crippen LogP contribution in [0.15, 0.2) is 10.8 Å². The van der Waals surface area contributed by atoms with Crippen LogP contribution >= 0.6 is 22.7 Å². The predicted octanol–water partition coefficient (Wildman–Crippen LogP) is 5.13. The summed E-state index contributed by atoms with van der Waals surface area (Å²) in [6, 6.07) is 0. The fourth-order valence-corrected chi connectivity index (χ4v) is 6.23. The number of hydrogen-bond acceptors (Lipinski definition) is 10. The van der Waals surface area contributed by atoms with Crippen LogP contribution in [0.4, 0.5) is 9.59 Å². The molecule has 0 spiro atoms. The third kappa shape index (κ3) is 8.88. The lowest BCUT2D eigenvalue weighted by atomic mass is 9.98. The van der Waals surface area contributed by atoms with Crippen LogP contribution in [0.5, 0.6) is 0 Å². The zero-order valence-electron chi connectivity index (χ0n) is 23.1. The van der Waals surface area contributed by atoms with E-state index in [0.29, 0.717) is 51.3 Å². The van der Waals surface area contributed by atoms with Gasteiger partial charge < -0.3 is 29.5 Å². The molecule has 0 bridgehead atoms. The van der Waals surface area contributed by atoms with E-state index in [2.05, 4.69) is 9.97 Å². The molecule has 40 heavy (non-hydrogen) atoms. The number of carbonyl (C=O) groups excluding carboxylic acids is 2. The third-order valence-corrected chi connectivity index (χ3v) is 8.37. The van der Waals surface area contributed by atoms with Crippen LogP contribution in [0.3, 0.4) is 0 Å². The standard InChI is InChI=1S/C16H24N2O4S.C10H12N2O4S/c1-5-21-14(19)12-10-23-13(17-12)11-6-8-18(9-7-11)15(20)22-16(2,3)4;13-9(14)7-5-17-8(11-7)6-1-3-12(4-2-6)10(15)16/h10-11H,5-9H2,1-4H3;5-6H,1-4H2,(H,13,14)(H,15,16). The zero-order chi connectivity index (χ0) is 29.4. The van der Waals surface area contributed by atoms with Crippen molar-refractivity contribution in [2.24, 2.45) is 0 Å². The molecule has 2 aliphatic heterocycles. The van der Waals surface area contributed by atoms with Gasteiger partial charge in [0.2, 0.25) is 0 Å². The SMILES string of the molecule is CCOC(=O)c1csc(C2CCN(C(=O)OC(C)(C)C)CC2)n1.O=C(O)c1csc(C2CCN(C(=O)O)CC2)n1. The van der Waals surface area contributed by atoms with Gasteiger partial charge in [0, 0.05) is 48.8 Å². The zero-order valence-corrected chi connectivity index (χ0v) is 24.8. The van der Waals surface area contributed by atoms with E-state index in [-0.39, 0.29) is 29.6 Å². The van der Waals surface area contributed by atoms with Gasteiger partial charge >= 0.3 is 24.1 Å². The second-order valence-electron chi connectivity index (χ2n) is 10.5. The van der Waals surface area contributed by atoms with E-state index in [4.69, 9.17) is 19.7 Å².